The Labute approximate surface area is 142 Å². The Balaban J connectivity index is 1.80. The summed E-state index contributed by atoms with van der Waals surface area (Å²) in [5.41, 5.74) is 2.65. The number of amides is 1. The quantitative estimate of drug-likeness (QED) is 0.736. The number of aryl methyl sites for hydroxylation is 1. The van der Waals surface area contributed by atoms with Gasteiger partial charge in [0, 0.05) is 5.69 Å². The van der Waals surface area contributed by atoms with Crippen LogP contribution in [0.25, 0.3) is 11.1 Å². The first-order valence-corrected chi connectivity index (χ1v) is 7.57. The van der Waals surface area contributed by atoms with Crippen molar-refractivity contribution in [1.82, 2.24) is 4.57 Å². The number of ether oxygens (including phenoxy) is 1. The molecule has 2 aromatic carbocycles. The van der Waals surface area contributed by atoms with Gasteiger partial charge in [0.2, 0.25) is 5.91 Å². The monoisotopic (exact) mass is 340 g/mol. The van der Waals surface area contributed by atoms with E-state index in [0.29, 0.717) is 27.9 Å². The second kappa shape index (κ2) is 6.64. The molecule has 1 amide bonds. The van der Waals surface area contributed by atoms with Gasteiger partial charge >= 0.3 is 11.7 Å². The first kappa shape index (κ1) is 16.5. The number of carbonyl (C=O) groups excluding carboxylic acids is 2. The first-order valence-electron chi connectivity index (χ1n) is 7.57. The number of fused-ring (bicyclic) bond motifs is 1. The van der Waals surface area contributed by atoms with Crippen LogP contribution in [-0.2, 0) is 16.1 Å². The van der Waals surface area contributed by atoms with Crippen molar-refractivity contribution in [2.45, 2.75) is 13.5 Å². The molecule has 1 aromatic heterocycles. The fraction of sp³-hybridized carbons (Fsp3) is 0.167. The number of hydrogen-bond acceptors (Lipinski definition) is 5. The largest absolute Gasteiger partial charge is 0.465 e. The van der Waals surface area contributed by atoms with E-state index in [4.69, 9.17) is 4.42 Å². The van der Waals surface area contributed by atoms with Gasteiger partial charge in [0.05, 0.1) is 18.2 Å². The highest BCUT2D eigenvalue weighted by atomic mass is 16.5. The summed E-state index contributed by atoms with van der Waals surface area (Å²) in [4.78, 5) is 35.7. The molecule has 25 heavy (non-hydrogen) atoms. The molecule has 3 rings (SSSR count). The van der Waals surface area contributed by atoms with Crippen molar-refractivity contribution in [2.24, 2.45) is 0 Å². The van der Waals surface area contributed by atoms with Crippen LogP contribution in [0.2, 0.25) is 0 Å². The Morgan fingerprint density at radius 2 is 1.96 bits per heavy atom. The molecule has 1 heterocycles. The highest BCUT2D eigenvalue weighted by Gasteiger charge is 2.14. The van der Waals surface area contributed by atoms with Crippen molar-refractivity contribution in [2.75, 3.05) is 12.4 Å². The number of nitrogens with zero attached hydrogens (tertiary/aromatic N) is 1. The lowest BCUT2D eigenvalue weighted by atomic mass is 10.1. The van der Waals surface area contributed by atoms with Gasteiger partial charge in [-0.3, -0.25) is 9.36 Å². The van der Waals surface area contributed by atoms with Crippen LogP contribution >= 0.6 is 0 Å². The Hall–Kier alpha value is -3.35. The summed E-state index contributed by atoms with van der Waals surface area (Å²) in [7, 11) is 1.31. The predicted octanol–water partition coefficient (Wildman–Crippen LogP) is 2.33. The second-order valence-corrected chi connectivity index (χ2v) is 5.49. The molecule has 0 aliphatic carbocycles. The third-order valence-electron chi connectivity index (χ3n) is 3.80. The van der Waals surface area contributed by atoms with Crippen molar-refractivity contribution >= 4 is 28.7 Å². The summed E-state index contributed by atoms with van der Waals surface area (Å²) in [5, 5.41) is 2.73. The van der Waals surface area contributed by atoms with E-state index >= 15 is 0 Å². The summed E-state index contributed by atoms with van der Waals surface area (Å²) in [5.74, 6) is -1.41. The van der Waals surface area contributed by atoms with E-state index in [1.807, 2.05) is 0 Å². The number of aromatic nitrogens is 1. The number of esters is 1. The van der Waals surface area contributed by atoms with Crippen molar-refractivity contribution in [1.29, 1.82) is 0 Å². The third kappa shape index (κ3) is 3.30. The average Bonchev–Trinajstić information content (AvgIpc) is 2.91. The predicted molar refractivity (Wildman–Crippen MR) is 91.6 cm³/mol. The van der Waals surface area contributed by atoms with Crippen LogP contribution in [0.3, 0.4) is 0 Å². The molecule has 0 radical (unpaired) electrons. The third-order valence-corrected chi connectivity index (χ3v) is 3.80. The molecule has 7 heteroatoms. The Kier molecular flexibility index (Phi) is 4.38. The minimum atomic E-state index is -0.589. The molecule has 128 valence electrons. The van der Waals surface area contributed by atoms with Crippen LogP contribution in [0, 0.1) is 6.92 Å². The summed E-state index contributed by atoms with van der Waals surface area (Å²) < 4.78 is 11.0. The molecule has 0 aliphatic rings. The van der Waals surface area contributed by atoms with Crippen molar-refractivity contribution in [3.05, 3.63) is 64.1 Å². The molecule has 0 bridgehead atoms. The summed E-state index contributed by atoms with van der Waals surface area (Å²) >= 11 is 0. The molecular weight excluding hydrogens is 324 g/mol. The fourth-order valence-corrected chi connectivity index (χ4v) is 2.55. The number of nitrogens with one attached hydrogen (secondary N) is 1. The van der Waals surface area contributed by atoms with E-state index < -0.39 is 11.7 Å². The van der Waals surface area contributed by atoms with Gasteiger partial charge < -0.3 is 14.5 Å². The number of methoxy groups -OCH3 is 1. The zero-order valence-corrected chi connectivity index (χ0v) is 13.7. The standard InChI is InChI=1S/C18H16N2O5/c1-11-9-12(17(22)24-2)7-8-13(11)19-16(21)10-20-14-5-3-4-6-15(14)25-18(20)23/h3-9H,10H2,1-2H3,(H,19,21). The Bertz CT molecular complexity index is 1020. The van der Waals surface area contributed by atoms with Crippen molar-refractivity contribution in [3.63, 3.8) is 0 Å². The highest BCUT2D eigenvalue weighted by molar-refractivity contribution is 5.94. The summed E-state index contributed by atoms with van der Waals surface area (Å²) in [6, 6.07) is 11.7. The number of para-hydroxylation sites is 2. The summed E-state index contributed by atoms with van der Waals surface area (Å²) in [6.45, 7) is 1.59. The van der Waals surface area contributed by atoms with Gasteiger partial charge in [-0.05, 0) is 42.8 Å². The number of oxazole rings is 1. The zero-order valence-electron chi connectivity index (χ0n) is 13.7. The maximum absolute atomic E-state index is 12.3. The van der Waals surface area contributed by atoms with E-state index in [-0.39, 0.29) is 12.5 Å². The molecule has 3 aromatic rings. The first-order chi connectivity index (χ1) is 12.0. The van der Waals surface area contributed by atoms with Gasteiger partial charge in [-0.15, -0.1) is 0 Å². The van der Waals surface area contributed by atoms with E-state index in [1.54, 1.807) is 49.4 Å². The molecule has 1 N–H and O–H groups in total. The van der Waals surface area contributed by atoms with Crippen LogP contribution in [0.5, 0.6) is 0 Å². The van der Waals surface area contributed by atoms with Crippen LogP contribution in [0.1, 0.15) is 15.9 Å². The number of carbonyl (C=O) groups is 2. The number of rotatable bonds is 4. The van der Waals surface area contributed by atoms with Crippen LogP contribution in [0.15, 0.2) is 51.7 Å². The molecular formula is C18H16N2O5. The van der Waals surface area contributed by atoms with E-state index in [9.17, 15) is 14.4 Å². The maximum Gasteiger partial charge on any atom is 0.420 e. The fourth-order valence-electron chi connectivity index (χ4n) is 2.55. The Morgan fingerprint density at radius 1 is 1.20 bits per heavy atom. The lowest BCUT2D eigenvalue weighted by molar-refractivity contribution is -0.116. The minimum absolute atomic E-state index is 0.173. The van der Waals surface area contributed by atoms with Gasteiger partial charge in [0.15, 0.2) is 5.58 Å². The van der Waals surface area contributed by atoms with E-state index in [2.05, 4.69) is 10.1 Å². The van der Waals surface area contributed by atoms with Crippen LogP contribution < -0.4 is 11.1 Å². The average molecular weight is 340 g/mol. The molecule has 0 aliphatic heterocycles. The van der Waals surface area contributed by atoms with Crippen molar-refractivity contribution in [3.8, 4) is 0 Å². The van der Waals surface area contributed by atoms with Gasteiger partial charge in [-0.25, -0.2) is 9.59 Å². The zero-order chi connectivity index (χ0) is 18.0. The summed E-state index contributed by atoms with van der Waals surface area (Å²) in [6.07, 6.45) is 0. The topological polar surface area (TPSA) is 90.5 Å². The normalized spacial score (nSPS) is 10.6. The lowest BCUT2D eigenvalue weighted by Crippen LogP contribution is -2.25. The molecule has 0 saturated carbocycles. The van der Waals surface area contributed by atoms with Crippen LogP contribution in [0.4, 0.5) is 5.69 Å². The Morgan fingerprint density at radius 3 is 2.68 bits per heavy atom. The van der Waals surface area contributed by atoms with Gasteiger partial charge in [-0.1, -0.05) is 12.1 Å². The molecule has 7 nitrogen and oxygen atoms in total. The number of hydrogen-bond donors (Lipinski definition) is 1. The molecule has 0 atom stereocenters. The van der Waals surface area contributed by atoms with Crippen molar-refractivity contribution < 1.29 is 18.7 Å². The highest BCUT2D eigenvalue weighted by Crippen LogP contribution is 2.18. The maximum atomic E-state index is 12.3. The molecule has 0 spiro atoms. The number of benzene rings is 2. The molecule has 0 saturated heterocycles. The minimum Gasteiger partial charge on any atom is -0.465 e. The SMILES string of the molecule is COC(=O)c1ccc(NC(=O)Cn2c(=O)oc3ccccc32)c(C)c1. The smallest absolute Gasteiger partial charge is 0.420 e. The van der Waals surface area contributed by atoms with Gasteiger partial charge in [0.25, 0.3) is 0 Å². The number of anilines is 1. The second-order valence-electron chi connectivity index (χ2n) is 5.49. The van der Waals surface area contributed by atoms with E-state index in [0.717, 1.165) is 0 Å². The molecule has 0 fully saturated rings. The van der Waals surface area contributed by atoms with Gasteiger partial charge in [0.1, 0.15) is 6.54 Å². The van der Waals surface area contributed by atoms with E-state index in [1.165, 1.54) is 11.7 Å². The van der Waals surface area contributed by atoms with Gasteiger partial charge in [-0.2, -0.15) is 0 Å². The lowest BCUT2D eigenvalue weighted by Gasteiger charge is -2.10. The van der Waals surface area contributed by atoms with Crippen LogP contribution in [-0.4, -0.2) is 23.6 Å². The molecule has 0 unspecified atom stereocenters.